The molecular weight excluding hydrogens is 515 g/mol. The van der Waals surface area contributed by atoms with E-state index in [4.69, 9.17) is 36.7 Å². The normalized spacial score (nSPS) is 11.3. The second-order valence-electron chi connectivity index (χ2n) is 8.43. The van der Waals surface area contributed by atoms with Gasteiger partial charge in [-0.1, -0.05) is 54.6 Å². The van der Waals surface area contributed by atoms with Crippen molar-refractivity contribution < 1.29 is 0 Å². The Hall–Kier alpha value is -3.99. The van der Waals surface area contributed by atoms with Crippen molar-refractivity contribution in [1.82, 2.24) is 27.1 Å². The summed E-state index contributed by atoms with van der Waals surface area (Å²) in [6, 6.07) is 30.2. The van der Waals surface area contributed by atoms with E-state index in [2.05, 4.69) is 0 Å². The minimum absolute atomic E-state index is 0.451. The molecule has 6 rings (SSSR count). The van der Waals surface area contributed by atoms with Crippen LogP contribution in [-0.4, -0.2) is 34.3 Å². The lowest BCUT2D eigenvalue weighted by molar-refractivity contribution is 0.879. The third kappa shape index (κ3) is 4.19. The fraction of sp³-hybridized carbons (Fsp3) is 0. The molecule has 6 nitrogen and oxygen atoms in total. The molecule has 1 radical (unpaired) electrons. The zero-order chi connectivity index (χ0) is 25.4. The molecule has 3 aromatic heterocycles. The molecule has 181 valence electrons. The summed E-state index contributed by atoms with van der Waals surface area (Å²) < 4.78 is 13.9. The summed E-state index contributed by atoms with van der Waals surface area (Å²) in [7, 11) is -0.451. The Morgan fingerprint density at radius 3 is 0.919 bits per heavy atom. The molecular formula is C27H21BN6S3-. The van der Waals surface area contributed by atoms with Gasteiger partial charge < -0.3 is 13.4 Å². The Morgan fingerprint density at radius 2 is 0.649 bits per heavy atom. The van der Waals surface area contributed by atoms with E-state index in [9.17, 15) is 0 Å². The van der Waals surface area contributed by atoms with Gasteiger partial charge in [-0.15, -0.1) is 0 Å². The average molecular weight is 537 g/mol. The third-order valence-electron chi connectivity index (χ3n) is 6.26. The summed E-state index contributed by atoms with van der Waals surface area (Å²) in [5, 5.41) is 0. The van der Waals surface area contributed by atoms with Gasteiger partial charge in [0, 0.05) is 35.7 Å². The topological polar surface area (TPSA) is 29.6 Å². The second kappa shape index (κ2) is 9.81. The number of rotatable bonds is 6. The first-order chi connectivity index (χ1) is 18.1. The molecule has 0 saturated heterocycles. The zero-order valence-corrected chi connectivity index (χ0v) is 22.1. The van der Waals surface area contributed by atoms with Crippen molar-refractivity contribution in [3.8, 4) is 17.1 Å². The first kappa shape index (κ1) is 23.4. The number of aromatic nitrogens is 6. The first-order valence-corrected chi connectivity index (χ1v) is 12.9. The van der Waals surface area contributed by atoms with Crippen molar-refractivity contribution in [1.29, 1.82) is 0 Å². The molecule has 0 N–H and O–H groups in total. The van der Waals surface area contributed by atoms with E-state index in [0.29, 0.717) is 14.3 Å². The van der Waals surface area contributed by atoms with Crippen LogP contribution in [0.3, 0.4) is 0 Å². The maximum atomic E-state index is 5.99. The Labute approximate surface area is 229 Å². The molecule has 0 spiro atoms. The lowest BCUT2D eigenvalue weighted by Crippen LogP contribution is -2.41. The van der Waals surface area contributed by atoms with Gasteiger partial charge in [-0.3, -0.25) is 13.7 Å². The molecule has 0 saturated carbocycles. The van der Waals surface area contributed by atoms with Gasteiger partial charge in [0.05, 0.1) is 0 Å². The van der Waals surface area contributed by atoms with Crippen LogP contribution in [0.15, 0.2) is 128 Å². The average Bonchev–Trinajstić information content (AvgIpc) is 3.64. The Kier molecular flexibility index (Phi) is 6.21. The van der Waals surface area contributed by atoms with E-state index >= 15 is 0 Å². The fourth-order valence-corrected chi connectivity index (χ4v) is 5.42. The van der Waals surface area contributed by atoms with Gasteiger partial charge in [0.1, 0.15) is 14.3 Å². The maximum absolute atomic E-state index is 5.99. The predicted molar refractivity (Wildman–Crippen MR) is 156 cm³/mol. The quantitative estimate of drug-likeness (QED) is 0.178. The molecule has 0 aliphatic rings. The summed E-state index contributed by atoms with van der Waals surface area (Å²) in [6.07, 6.45) is 11.8. The van der Waals surface area contributed by atoms with Crippen LogP contribution in [0.25, 0.3) is 17.1 Å². The molecule has 0 atom stereocenters. The van der Waals surface area contributed by atoms with E-state index in [1.807, 2.05) is 155 Å². The highest BCUT2D eigenvalue weighted by atomic mass is 32.1. The highest BCUT2D eigenvalue weighted by molar-refractivity contribution is 7.71. The fourth-order valence-electron chi connectivity index (χ4n) is 4.46. The standard InChI is InChI=1S/C27H21BN6S3/c35-25-29(22-10-4-1-5-11-22)16-19-32(25)28(33-20-17-30(26(33)36)23-12-6-2-7-13-23)34-21-18-31(27(34)37)24-14-8-3-9-15-24/h1-21H/q-1. The number of imidazole rings is 3. The first-order valence-electron chi connectivity index (χ1n) is 11.7. The Morgan fingerprint density at radius 1 is 0.378 bits per heavy atom. The van der Waals surface area contributed by atoms with Crippen molar-refractivity contribution in [3.63, 3.8) is 0 Å². The van der Waals surface area contributed by atoms with Crippen molar-refractivity contribution in [2.45, 2.75) is 0 Å². The molecule has 6 aromatic rings. The Bertz CT molecular complexity index is 1630. The van der Waals surface area contributed by atoms with Gasteiger partial charge >= 0.3 is 0 Å². The van der Waals surface area contributed by atoms with Gasteiger partial charge in [0.25, 0.3) is 0 Å². The van der Waals surface area contributed by atoms with Crippen LogP contribution < -0.4 is 0 Å². The number of nitrogens with zero attached hydrogens (tertiary/aromatic N) is 6. The van der Waals surface area contributed by atoms with Crippen LogP contribution in [-0.2, 0) is 0 Å². The summed E-state index contributed by atoms with van der Waals surface area (Å²) in [5.41, 5.74) is 2.96. The Balaban J connectivity index is 1.56. The summed E-state index contributed by atoms with van der Waals surface area (Å²) in [5.74, 6) is 0. The van der Waals surface area contributed by atoms with Crippen LogP contribution in [0, 0.1) is 14.3 Å². The van der Waals surface area contributed by atoms with Crippen molar-refractivity contribution in [3.05, 3.63) is 142 Å². The van der Waals surface area contributed by atoms with Crippen LogP contribution in [0.4, 0.5) is 0 Å². The largest absolute Gasteiger partial charge is 0.483 e. The van der Waals surface area contributed by atoms with Gasteiger partial charge in [0.2, 0.25) is 7.12 Å². The van der Waals surface area contributed by atoms with E-state index in [-0.39, 0.29) is 0 Å². The zero-order valence-electron chi connectivity index (χ0n) is 19.6. The van der Waals surface area contributed by atoms with Gasteiger partial charge in [-0.25, -0.2) is 0 Å². The number of para-hydroxylation sites is 3. The van der Waals surface area contributed by atoms with E-state index in [0.717, 1.165) is 17.1 Å². The highest BCUT2D eigenvalue weighted by Crippen LogP contribution is 2.17. The molecule has 0 amide bonds. The predicted octanol–water partition coefficient (Wildman–Crippen LogP) is 6.58. The molecule has 0 aliphatic carbocycles. The maximum Gasteiger partial charge on any atom is 0.209 e. The summed E-state index contributed by atoms with van der Waals surface area (Å²) >= 11 is 18.0. The van der Waals surface area contributed by atoms with Crippen LogP contribution >= 0.6 is 36.7 Å². The van der Waals surface area contributed by atoms with E-state index < -0.39 is 7.12 Å². The monoisotopic (exact) mass is 536 g/mol. The highest BCUT2D eigenvalue weighted by Gasteiger charge is 2.15. The lowest BCUT2D eigenvalue weighted by Gasteiger charge is -2.33. The van der Waals surface area contributed by atoms with Crippen molar-refractivity contribution in [2.75, 3.05) is 0 Å². The molecule has 0 unspecified atom stereocenters. The number of benzene rings is 3. The molecule has 0 aliphatic heterocycles. The molecule has 0 fully saturated rings. The minimum Gasteiger partial charge on any atom is -0.483 e. The smallest absolute Gasteiger partial charge is 0.209 e. The molecule has 3 heterocycles. The summed E-state index contributed by atoms with van der Waals surface area (Å²) in [6.45, 7) is 0. The lowest BCUT2D eigenvalue weighted by atomic mass is 9.92. The third-order valence-corrected chi connectivity index (χ3v) is 7.48. The molecule has 10 heteroatoms. The molecule has 37 heavy (non-hydrogen) atoms. The van der Waals surface area contributed by atoms with E-state index in [1.54, 1.807) is 0 Å². The number of hydrogen-bond donors (Lipinski definition) is 0. The van der Waals surface area contributed by atoms with Gasteiger partial charge in [0.15, 0.2) is 0 Å². The minimum atomic E-state index is -0.451. The second-order valence-corrected chi connectivity index (χ2v) is 9.52. The van der Waals surface area contributed by atoms with Gasteiger partial charge in [-0.05, 0) is 91.6 Å². The number of hydrogen-bond acceptors (Lipinski definition) is 3. The van der Waals surface area contributed by atoms with Crippen molar-refractivity contribution >= 4 is 43.8 Å². The van der Waals surface area contributed by atoms with E-state index in [1.165, 1.54) is 0 Å². The summed E-state index contributed by atoms with van der Waals surface area (Å²) in [4.78, 5) is 0. The molecule has 3 aromatic carbocycles. The van der Waals surface area contributed by atoms with Crippen molar-refractivity contribution in [2.24, 2.45) is 0 Å². The van der Waals surface area contributed by atoms with Gasteiger partial charge in [-0.2, -0.15) is 0 Å². The van der Waals surface area contributed by atoms with Crippen LogP contribution in [0.1, 0.15) is 0 Å². The van der Waals surface area contributed by atoms with Crippen LogP contribution in [0.5, 0.6) is 0 Å². The SMILES string of the molecule is S=c1n([B-](n2ccn(-c3ccccc3)c2=S)n2ccn(-c3ccccc3)c2=S)ccn1-c1ccccc1. The molecule has 0 bridgehead atoms. The van der Waals surface area contributed by atoms with Crippen LogP contribution in [0.2, 0.25) is 0 Å².